The highest BCUT2D eigenvalue weighted by Crippen LogP contribution is 2.36. The number of hydrogen-bond acceptors (Lipinski definition) is 4. The molecule has 28 heavy (non-hydrogen) atoms. The van der Waals surface area contributed by atoms with Crippen LogP contribution in [-0.2, 0) is 20.7 Å². The number of rotatable bonds is 6. The molecule has 2 aromatic rings. The summed E-state index contributed by atoms with van der Waals surface area (Å²) in [4.78, 5) is 12.3. The molecule has 2 N–H and O–H groups in total. The van der Waals surface area contributed by atoms with Gasteiger partial charge in [0.2, 0.25) is 0 Å². The number of urea groups is 1. The standard InChI is InChI=1S/C19H20I2N2O4S/c1-12-2-5-15(6-3-12)28(25,26)27-9-8-22-19(24)23-18-16-7-4-14(20)10-13(16)11-17(18)21/h2-7,10,17-18H,8-9,11H2,1H3,(H2,22,23,24). The summed E-state index contributed by atoms with van der Waals surface area (Å²) < 4.78 is 30.7. The van der Waals surface area contributed by atoms with E-state index in [4.69, 9.17) is 4.18 Å². The second-order valence-electron chi connectivity index (χ2n) is 6.53. The average Bonchev–Trinajstić information content (AvgIpc) is 2.93. The molecule has 3 rings (SSSR count). The summed E-state index contributed by atoms with van der Waals surface area (Å²) >= 11 is 4.63. The number of carbonyl (C=O) groups excluding carboxylic acids is 1. The summed E-state index contributed by atoms with van der Waals surface area (Å²) in [5, 5.41) is 5.64. The van der Waals surface area contributed by atoms with Gasteiger partial charge in [-0.15, -0.1) is 0 Å². The van der Waals surface area contributed by atoms with Crippen LogP contribution in [-0.4, -0.2) is 31.5 Å². The number of aryl methyl sites for hydroxylation is 1. The van der Waals surface area contributed by atoms with Gasteiger partial charge in [-0.2, -0.15) is 8.42 Å². The monoisotopic (exact) mass is 626 g/mol. The predicted octanol–water partition coefficient (Wildman–Crippen LogP) is 3.71. The van der Waals surface area contributed by atoms with Crippen molar-refractivity contribution in [2.24, 2.45) is 0 Å². The van der Waals surface area contributed by atoms with Gasteiger partial charge in [-0.3, -0.25) is 4.18 Å². The lowest BCUT2D eigenvalue weighted by atomic mass is 10.1. The Morgan fingerprint density at radius 1 is 1.21 bits per heavy atom. The molecule has 2 aromatic carbocycles. The fourth-order valence-electron chi connectivity index (χ4n) is 3.03. The van der Waals surface area contributed by atoms with E-state index in [9.17, 15) is 13.2 Å². The molecule has 0 spiro atoms. The van der Waals surface area contributed by atoms with Crippen LogP contribution in [0.3, 0.4) is 0 Å². The van der Waals surface area contributed by atoms with Crippen LogP contribution in [0.15, 0.2) is 47.4 Å². The van der Waals surface area contributed by atoms with Crippen LogP contribution in [0.1, 0.15) is 22.7 Å². The molecule has 9 heteroatoms. The Morgan fingerprint density at radius 3 is 2.64 bits per heavy atom. The number of nitrogens with one attached hydrogen (secondary N) is 2. The quantitative estimate of drug-likeness (QED) is 0.222. The van der Waals surface area contributed by atoms with Crippen molar-refractivity contribution in [3.05, 3.63) is 62.7 Å². The fraction of sp³-hybridized carbons (Fsp3) is 0.316. The lowest BCUT2D eigenvalue weighted by molar-refractivity contribution is 0.233. The molecule has 1 aliphatic carbocycles. The summed E-state index contributed by atoms with van der Waals surface area (Å²) in [7, 11) is -3.82. The Balaban J connectivity index is 1.48. The molecular formula is C19H20I2N2O4S. The minimum absolute atomic E-state index is 0.0650. The second kappa shape index (κ2) is 9.26. The number of fused-ring (bicyclic) bond motifs is 1. The Bertz CT molecular complexity index is 964. The van der Waals surface area contributed by atoms with Crippen LogP contribution in [0, 0.1) is 10.5 Å². The van der Waals surface area contributed by atoms with Gasteiger partial charge in [0.15, 0.2) is 0 Å². The number of benzene rings is 2. The Kier molecular flexibility index (Phi) is 7.21. The zero-order valence-electron chi connectivity index (χ0n) is 15.1. The predicted molar refractivity (Wildman–Crippen MR) is 124 cm³/mol. The van der Waals surface area contributed by atoms with Crippen LogP contribution in [0.2, 0.25) is 0 Å². The van der Waals surface area contributed by atoms with Crippen molar-refractivity contribution < 1.29 is 17.4 Å². The maximum absolute atomic E-state index is 12.2. The summed E-state index contributed by atoms with van der Waals surface area (Å²) in [5.41, 5.74) is 3.35. The van der Waals surface area contributed by atoms with E-state index in [0.29, 0.717) is 0 Å². The van der Waals surface area contributed by atoms with Gasteiger partial charge < -0.3 is 10.6 Å². The number of hydrogen-bond donors (Lipinski definition) is 2. The van der Waals surface area contributed by atoms with E-state index < -0.39 is 10.1 Å². The minimum Gasteiger partial charge on any atom is -0.336 e. The van der Waals surface area contributed by atoms with Gasteiger partial charge in [-0.25, -0.2) is 4.79 Å². The first-order valence-corrected chi connectivity index (χ1v) is 12.4. The molecule has 150 valence electrons. The number of amides is 2. The van der Waals surface area contributed by atoms with E-state index in [-0.39, 0.29) is 34.0 Å². The smallest absolute Gasteiger partial charge is 0.315 e. The first-order chi connectivity index (χ1) is 13.3. The zero-order chi connectivity index (χ0) is 20.3. The van der Waals surface area contributed by atoms with Gasteiger partial charge in [-0.05, 0) is 71.3 Å². The van der Waals surface area contributed by atoms with E-state index in [1.807, 2.05) is 13.0 Å². The van der Waals surface area contributed by atoms with Crippen molar-refractivity contribution in [1.29, 1.82) is 0 Å². The molecule has 2 unspecified atom stereocenters. The van der Waals surface area contributed by atoms with Crippen LogP contribution >= 0.6 is 45.2 Å². The topological polar surface area (TPSA) is 84.5 Å². The normalized spacial score (nSPS) is 18.5. The molecule has 2 amide bonds. The Morgan fingerprint density at radius 2 is 1.93 bits per heavy atom. The molecule has 0 aromatic heterocycles. The van der Waals surface area contributed by atoms with Crippen molar-refractivity contribution in [2.75, 3.05) is 13.2 Å². The molecule has 0 radical (unpaired) electrons. The van der Waals surface area contributed by atoms with Crippen molar-refractivity contribution in [3.63, 3.8) is 0 Å². The molecule has 0 saturated carbocycles. The highest BCUT2D eigenvalue weighted by Gasteiger charge is 2.31. The largest absolute Gasteiger partial charge is 0.336 e. The van der Waals surface area contributed by atoms with E-state index in [1.54, 1.807) is 12.1 Å². The van der Waals surface area contributed by atoms with E-state index in [1.165, 1.54) is 21.3 Å². The van der Waals surface area contributed by atoms with Gasteiger partial charge >= 0.3 is 6.03 Å². The molecule has 0 bridgehead atoms. The molecule has 1 aliphatic rings. The molecular weight excluding hydrogens is 606 g/mol. The highest BCUT2D eigenvalue weighted by atomic mass is 127. The molecule has 0 heterocycles. The Hall–Kier alpha value is -0.920. The molecule has 0 fully saturated rings. The summed E-state index contributed by atoms with van der Waals surface area (Å²) in [6.07, 6.45) is 0.912. The number of carbonyl (C=O) groups is 1. The fourth-order valence-corrected chi connectivity index (χ4v) is 5.53. The van der Waals surface area contributed by atoms with Gasteiger partial charge in [-0.1, -0.05) is 46.4 Å². The lowest BCUT2D eigenvalue weighted by Gasteiger charge is -2.18. The molecule has 6 nitrogen and oxygen atoms in total. The summed E-state index contributed by atoms with van der Waals surface area (Å²) in [5.74, 6) is 0. The van der Waals surface area contributed by atoms with E-state index in [2.05, 4.69) is 67.9 Å². The van der Waals surface area contributed by atoms with Crippen LogP contribution in [0.4, 0.5) is 4.79 Å². The third-order valence-electron chi connectivity index (χ3n) is 4.44. The van der Waals surface area contributed by atoms with Gasteiger partial charge in [0, 0.05) is 14.0 Å². The van der Waals surface area contributed by atoms with Crippen LogP contribution in [0.5, 0.6) is 0 Å². The SMILES string of the molecule is Cc1ccc(S(=O)(=O)OCCNC(=O)NC2c3ccc(I)cc3CC2I)cc1. The van der Waals surface area contributed by atoms with E-state index in [0.717, 1.165) is 17.5 Å². The second-order valence-corrected chi connectivity index (χ2v) is 11.0. The third-order valence-corrected chi connectivity index (χ3v) is 7.60. The third kappa shape index (κ3) is 5.36. The lowest BCUT2D eigenvalue weighted by Crippen LogP contribution is -2.41. The van der Waals surface area contributed by atoms with Crippen molar-refractivity contribution in [3.8, 4) is 0 Å². The van der Waals surface area contributed by atoms with Crippen molar-refractivity contribution >= 4 is 61.3 Å². The minimum atomic E-state index is -3.82. The van der Waals surface area contributed by atoms with Crippen LogP contribution < -0.4 is 10.6 Å². The van der Waals surface area contributed by atoms with Crippen molar-refractivity contribution in [2.45, 2.75) is 28.2 Å². The van der Waals surface area contributed by atoms with Gasteiger partial charge in [0.05, 0.1) is 17.5 Å². The summed E-state index contributed by atoms with van der Waals surface area (Å²) in [6, 6.07) is 12.3. The maximum atomic E-state index is 12.2. The van der Waals surface area contributed by atoms with Crippen LogP contribution in [0.25, 0.3) is 0 Å². The highest BCUT2D eigenvalue weighted by molar-refractivity contribution is 14.1. The molecule has 0 aliphatic heterocycles. The maximum Gasteiger partial charge on any atom is 0.315 e. The summed E-state index contributed by atoms with van der Waals surface area (Å²) in [6.45, 7) is 1.84. The zero-order valence-corrected chi connectivity index (χ0v) is 20.2. The number of halogens is 2. The first-order valence-electron chi connectivity index (χ1n) is 8.69. The average molecular weight is 626 g/mol. The molecule has 0 saturated heterocycles. The van der Waals surface area contributed by atoms with Gasteiger partial charge in [0.25, 0.3) is 10.1 Å². The Labute approximate surface area is 192 Å². The number of alkyl halides is 1. The first kappa shape index (κ1) is 21.8. The molecule has 2 atom stereocenters. The van der Waals surface area contributed by atoms with E-state index >= 15 is 0 Å². The van der Waals surface area contributed by atoms with Gasteiger partial charge in [0.1, 0.15) is 0 Å². The van der Waals surface area contributed by atoms with Crippen molar-refractivity contribution in [1.82, 2.24) is 10.6 Å².